The van der Waals surface area contributed by atoms with Gasteiger partial charge in [-0.2, -0.15) is 0 Å². The van der Waals surface area contributed by atoms with Crippen molar-refractivity contribution in [2.75, 3.05) is 18.4 Å². The Kier molecular flexibility index (Phi) is 9.66. The van der Waals surface area contributed by atoms with Gasteiger partial charge in [0.25, 0.3) is 0 Å². The van der Waals surface area contributed by atoms with E-state index in [-0.39, 0.29) is 30.4 Å². The first-order valence-corrected chi connectivity index (χ1v) is 10.3. The lowest BCUT2D eigenvalue weighted by atomic mass is 10.1. The SMILES string of the molecule is Cl.NCCNS(=O)(=O)c1ccc(NC(=S)NC2CCCCCC2)cc1. The van der Waals surface area contributed by atoms with Crippen LogP contribution in [0.4, 0.5) is 5.69 Å². The van der Waals surface area contributed by atoms with Gasteiger partial charge < -0.3 is 16.4 Å². The summed E-state index contributed by atoms with van der Waals surface area (Å²) >= 11 is 5.36. The number of hydrogen-bond acceptors (Lipinski definition) is 4. The van der Waals surface area contributed by atoms with Gasteiger partial charge in [0.1, 0.15) is 0 Å². The molecule has 0 atom stereocenters. The fourth-order valence-electron chi connectivity index (χ4n) is 2.77. The summed E-state index contributed by atoms with van der Waals surface area (Å²) < 4.78 is 26.4. The minimum Gasteiger partial charge on any atom is -0.360 e. The normalized spacial score (nSPS) is 15.7. The van der Waals surface area contributed by atoms with E-state index in [1.807, 2.05) is 0 Å². The average Bonchev–Trinajstić information content (AvgIpc) is 2.82. The second kappa shape index (κ2) is 10.9. The highest BCUT2D eigenvalue weighted by atomic mass is 35.5. The number of nitrogens with one attached hydrogen (secondary N) is 3. The van der Waals surface area contributed by atoms with E-state index in [0.717, 1.165) is 18.5 Å². The average molecular weight is 407 g/mol. The molecule has 25 heavy (non-hydrogen) atoms. The van der Waals surface area contributed by atoms with Crippen molar-refractivity contribution in [3.63, 3.8) is 0 Å². The molecular formula is C16H27ClN4O2S2. The summed E-state index contributed by atoms with van der Waals surface area (Å²) in [4.78, 5) is 0.212. The number of nitrogens with two attached hydrogens (primary N) is 1. The molecule has 2 rings (SSSR count). The van der Waals surface area contributed by atoms with Gasteiger partial charge in [0.05, 0.1) is 4.90 Å². The maximum atomic E-state index is 12.0. The Labute approximate surface area is 161 Å². The van der Waals surface area contributed by atoms with Crippen LogP contribution in [-0.2, 0) is 10.0 Å². The van der Waals surface area contributed by atoms with Crippen LogP contribution in [0.2, 0.25) is 0 Å². The molecule has 6 nitrogen and oxygen atoms in total. The van der Waals surface area contributed by atoms with Gasteiger partial charge in [-0.15, -0.1) is 12.4 Å². The van der Waals surface area contributed by atoms with E-state index < -0.39 is 10.0 Å². The van der Waals surface area contributed by atoms with Crippen LogP contribution in [0.1, 0.15) is 38.5 Å². The van der Waals surface area contributed by atoms with Crippen molar-refractivity contribution in [3.05, 3.63) is 24.3 Å². The molecule has 0 aromatic heterocycles. The van der Waals surface area contributed by atoms with Crippen LogP contribution in [0.15, 0.2) is 29.2 Å². The number of anilines is 1. The van der Waals surface area contributed by atoms with E-state index in [1.165, 1.54) is 25.7 Å². The summed E-state index contributed by atoms with van der Waals surface area (Å²) in [7, 11) is -3.50. The van der Waals surface area contributed by atoms with Crippen molar-refractivity contribution >= 4 is 45.4 Å². The molecule has 0 saturated heterocycles. The first-order valence-electron chi connectivity index (χ1n) is 8.38. The monoisotopic (exact) mass is 406 g/mol. The Bertz CT molecular complexity index is 630. The highest BCUT2D eigenvalue weighted by molar-refractivity contribution is 7.89. The molecule has 5 N–H and O–H groups in total. The van der Waals surface area contributed by atoms with Crippen molar-refractivity contribution in [3.8, 4) is 0 Å². The molecule has 1 fully saturated rings. The number of thiocarbonyl (C=S) groups is 1. The highest BCUT2D eigenvalue weighted by Gasteiger charge is 2.14. The van der Waals surface area contributed by atoms with E-state index in [0.29, 0.717) is 11.2 Å². The van der Waals surface area contributed by atoms with Crippen molar-refractivity contribution in [1.82, 2.24) is 10.0 Å². The van der Waals surface area contributed by atoms with E-state index in [1.54, 1.807) is 24.3 Å². The van der Waals surface area contributed by atoms with Gasteiger partial charge >= 0.3 is 0 Å². The van der Waals surface area contributed by atoms with Crippen LogP contribution in [-0.4, -0.2) is 32.7 Å². The Balaban J connectivity index is 0.00000312. The molecule has 1 aliphatic carbocycles. The van der Waals surface area contributed by atoms with Crippen molar-refractivity contribution in [2.24, 2.45) is 5.73 Å². The van der Waals surface area contributed by atoms with Gasteiger partial charge in [-0.25, -0.2) is 13.1 Å². The summed E-state index contributed by atoms with van der Waals surface area (Å²) in [6.45, 7) is 0.484. The molecule has 1 aromatic rings. The third kappa shape index (κ3) is 7.45. The quantitative estimate of drug-likeness (QED) is 0.427. The summed E-state index contributed by atoms with van der Waals surface area (Å²) in [6, 6.07) is 6.94. The van der Waals surface area contributed by atoms with E-state index in [9.17, 15) is 8.42 Å². The van der Waals surface area contributed by atoms with Gasteiger partial charge in [0.2, 0.25) is 10.0 Å². The molecule has 0 spiro atoms. The van der Waals surface area contributed by atoms with E-state index >= 15 is 0 Å². The summed E-state index contributed by atoms with van der Waals surface area (Å²) in [5.41, 5.74) is 6.08. The molecule has 1 saturated carbocycles. The molecular weight excluding hydrogens is 380 g/mol. The van der Waals surface area contributed by atoms with Crippen LogP contribution in [0, 0.1) is 0 Å². The van der Waals surface area contributed by atoms with Crippen LogP contribution in [0.5, 0.6) is 0 Å². The van der Waals surface area contributed by atoms with E-state index in [4.69, 9.17) is 18.0 Å². The molecule has 0 bridgehead atoms. The van der Waals surface area contributed by atoms with Gasteiger partial charge in [0.15, 0.2) is 5.11 Å². The Morgan fingerprint density at radius 2 is 1.72 bits per heavy atom. The zero-order chi connectivity index (χ0) is 17.4. The fourth-order valence-corrected chi connectivity index (χ4v) is 4.10. The largest absolute Gasteiger partial charge is 0.360 e. The van der Waals surface area contributed by atoms with Crippen molar-refractivity contribution < 1.29 is 8.42 Å². The van der Waals surface area contributed by atoms with Gasteiger partial charge in [0, 0.05) is 24.8 Å². The van der Waals surface area contributed by atoms with Crippen LogP contribution >= 0.6 is 24.6 Å². The lowest BCUT2D eigenvalue weighted by Crippen LogP contribution is -2.37. The van der Waals surface area contributed by atoms with Crippen LogP contribution < -0.4 is 21.1 Å². The zero-order valence-electron chi connectivity index (χ0n) is 14.2. The number of rotatable bonds is 6. The summed E-state index contributed by atoms with van der Waals surface area (Å²) in [6.07, 6.45) is 7.36. The predicted molar refractivity (Wildman–Crippen MR) is 109 cm³/mol. The first kappa shape index (κ1) is 22.1. The molecule has 0 unspecified atom stereocenters. The molecule has 142 valence electrons. The second-order valence-corrected chi connectivity index (χ2v) is 8.17. The predicted octanol–water partition coefficient (Wildman–Crippen LogP) is 2.35. The maximum absolute atomic E-state index is 12.0. The Morgan fingerprint density at radius 1 is 1.12 bits per heavy atom. The smallest absolute Gasteiger partial charge is 0.240 e. The molecule has 9 heteroatoms. The highest BCUT2D eigenvalue weighted by Crippen LogP contribution is 2.18. The minimum atomic E-state index is -3.50. The van der Waals surface area contributed by atoms with Gasteiger partial charge in [-0.3, -0.25) is 0 Å². The molecule has 0 radical (unpaired) electrons. The molecule has 0 heterocycles. The number of sulfonamides is 1. The van der Waals surface area contributed by atoms with Gasteiger partial charge in [-0.05, 0) is 49.3 Å². The van der Waals surface area contributed by atoms with Crippen molar-refractivity contribution in [1.29, 1.82) is 0 Å². The first-order chi connectivity index (χ1) is 11.5. The molecule has 0 amide bonds. The maximum Gasteiger partial charge on any atom is 0.240 e. The minimum absolute atomic E-state index is 0. The lowest BCUT2D eigenvalue weighted by molar-refractivity contribution is 0.535. The zero-order valence-corrected chi connectivity index (χ0v) is 16.6. The summed E-state index contributed by atoms with van der Waals surface area (Å²) in [5, 5.41) is 7.05. The van der Waals surface area contributed by atoms with Crippen LogP contribution in [0.3, 0.4) is 0 Å². The standard InChI is InChI=1S/C16H26N4O2S2.ClH/c17-11-12-18-24(21,22)15-9-7-14(8-10-15)20-16(23)19-13-5-3-1-2-4-6-13;/h7-10,13,18H,1-6,11-12,17H2,(H2,19,20,23);1H. The van der Waals surface area contributed by atoms with E-state index in [2.05, 4.69) is 15.4 Å². The van der Waals surface area contributed by atoms with Gasteiger partial charge in [-0.1, -0.05) is 25.7 Å². The topological polar surface area (TPSA) is 96.2 Å². The van der Waals surface area contributed by atoms with Crippen LogP contribution in [0.25, 0.3) is 0 Å². The number of halogens is 1. The summed E-state index contributed by atoms with van der Waals surface area (Å²) in [5.74, 6) is 0. The third-order valence-corrected chi connectivity index (χ3v) is 5.75. The Morgan fingerprint density at radius 3 is 2.28 bits per heavy atom. The van der Waals surface area contributed by atoms with Crippen molar-refractivity contribution in [2.45, 2.75) is 49.5 Å². The Hall–Kier alpha value is -0.930. The number of benzene rings is 1. The lowest BCUT2D eigenvalue weighted by Gasteiger charge is -2.19. The molecule has 1 aromatic carbocycles. The fraction of sp³-hybridized carbons (Fsp3) is 0.562. The molecule has 0 aliphatic heterocycles. The molecule has 1 aliphatic rings. The second-order valence-electron chi connectivity index (χ2n) is 6.00. The third-order valence-electron chi connectivity index (χ3n) is 4.05. The number of hydrogen-bond donors (Lipinski definition) is 4.